The molecular weight excluding hydrogens is 402 g/mol. The average Bonchev–Trinajstić information content (AvgIpc) is 2.71. The first-order valence-corrected chi connectivity index (χ1v) is 11.6. The van der Waals surface area contributed by atoms with Gasteiger partial charge in [0.15, 0.2) is 5.96 Å². The van der Waals surface area contributed by atoms with Crippen LogP contribution in [-0.4, -0.2) is 38.1 Å². The highest BCUT2D eigenvalue weighted by molar-refractivity contribution is 7.89. The maximum atomic E-state index is 11.5. The first-order valence-electron chi connectivity index (χ1n) is 10.1. The van der Waals surface area contributed by atoms with Crippen molar-refractivity contribution in [1.82, 2.24) is 5.32 Å². The van der Waals surface area contributed by atoms with E-state index in [-0.39, 0.29) is 22.7 Å². The van der Waals surface area contributed by atoms with E-state index >= 15 is 0 Å². The maximum Gasteiger partial charge on any atom is 0.238 e. The smallest absolute Gasteiger partial charge is 0.238 e. The Labute approximate surface area is 177 Å². The number of phenolic OH excluding ortho intramolecular Hbond substituents is 1. The fraction of sp³-hybridized carbons (Fsp3) is 0.381. The largest absolute Gasteiger partial charge is 0.508 e. The summed E-state index contributed by atoms with van der Waals surface area (Å²) in [6.07, 6.45) is 4.92. The van der Waals surface area contributed by atoms with Crippen LogP contribution in [0.25, 0.3) is 0 Å². The lowest BCUT2D eigenvalue weighted by Crippen LogP contribution is -2.51. The zero-order valence-corrected chi connectivity index (χ0v) is 17.6. The molecule has 8 nitrogen and oxygen atoms in total. The molecule has 1 aliphatic carbocycles. The third kappa shape index (κ3) is 6.45. The highest BCUT2D eigenvalue weighted by atomic mass is 32.2. The number of rotatable bonds is 6. The van der Waals surface area contributed by atoms with Gasteiger partial charge in [-0.05, 0) is 61.2 Å². The number of nitrogens with two attached hydrogens (primary N) is 2. The second-order valence-corrected chi connectivity index (χ2v) is 9.10. The van der Waals surface area contributed by atoms with Crippen LogP contribution < -0.4 is 21.5 Å². The minimum absolute atomic E-state index is 0.0566. The summed E-state index contributed by atoms with van der Waals surface area (Å²) in [4.78, 5) is 4.73. The molecule has 2 aromatic carbocycles. The van der Waals surface area contributed by atoms with Crippen molar-refractivity contribution in [3.8, 4) is 5.75 Å². The highest BCUT2D eigenvalue weighted by Gasteiger charge is 2.22. The zero-order valence-electron chi connectivity index (χ0n) is 16.8. The number of sulfonamides is 1. The van der Waals surface area contributed by atoms with Crippen LogP contribution >= 0.6 is 0 Å². The minimum atomic E-state index is -3.73. The Hall–Kier alpha value is -2.62. The first-order chi connectivity index (χ1) is 14.3. The summed E-state index contributed by atoms with van der Waals surface area (Å²) in [6.45, 7) is 0.539. The van der Waals surface area contributed by atoms with Crippen molar-refractivity contribution in [3.63, 3.8) is 0 Å². The quantitative estimate of drug-likeness (QED) is 0.349. The van der Waals surface area contributed by atoms with Gasteiger partial charge < -0.3 is 21.5 Å². The van der Waals surface area contributed by atoms with Crippen molar-refractivity contribution in [3.05, 3.63) is 54.1 Å². The van der Waals surface area contributed by atoms with E-state index in [0.29, 0.717) is 24.6 Å². The van der Waals surface area contributed by atoms with Crippen LogP contribution in [0.1, 0.15) is 31.2 Å². The van der Waals surface area contributed by atoms with Gasteiger partial charge in [-0.25, -0.2) is 13.6 Å². The number of aliphatic imine (C=N–C) groups is 1. The Morgan fingerprint density at radius 1 is 1.07 bits per heavy atom. The van der Waals surface area contributed by atoms with Crippen LogP contribution in [-0.2, 0) is 16.4 Å². The van der Waals surface area contributed by atoms with Gasteiger partial charge in [0, 0.05) is 24.3 Å². The summed E-state index contributed by atoms with van der Waals surface area (Å²) in [5.74, 6) is 0.833. The molecule has 0 bridgehead atoms. The predicted octanol–water partition coefficient (Wildman–Crippen LogP) is 1.91. The molecule has 0 aromatic heterocycles. The van der Waals surface area contributed by atoms with Crippen molar-refractivity contribution in [2.24, 2.45) is 15.9 Å². The van der Waals surface area contributed by atoms with Crippen molar-refractivity contribution in [2.75, 3.05) is 11.9 Å². The summed E-state index contributed by atoms with van der Waals surface area (Å²) < 4.78 is 22.9. The Bertz CT molecular complexity index is 959. The lowest BCUT2D eigenvalue weighted by Gasteiger charge is -2.30. The number of aromatic hydroxyl groups is 1. The molecule has 1 aliphatic rings. The fourth-order valence-corrected chi connectivity index (χ4v) is 3.98. The van der Waals surface area contributed by atoms with Crippen LogP contribution in [0.2, 0.25) is 0 Å². The first kappa shape index (κ1) is 22.1. The second-order valence-electron chi connectivity index (χ2n) is 7.54. The van der Waals surface area contributed by atoms with Gasteiger partial charge >= 0.3 is 0 Å². The molecule has 0 radical (unpaired) electrons. The number of nitrogens with zero attached hydrogens (tertiary/aromatic N) is 1. The lowest BCUT2D eigenvalue weighted by molar-refractivity contribution is 0.360. The molecule has 30 heavy (non-hydrogen) atoms. The fourth-order valence-electron chi connectivity index (χ4n) is 3.46. The molecule has 0 spiro atoms. The molecular formula is C21H29N5O3S. The molecule has 2 atom stereocenters. The van der Waals surface area contributed by atoms with E-state index in [4.69, 9.17) is 10.9 Å². The molecule has 1 saturated carbocycles. The lowest BCUT2D eigenvalue weighted by atomic mass is 9.91. The third-order valence-electron chi connectivity index (χ3n) is 5.19. The standard InChI is InChI=1S/C21H29N5O3S/c22-19-3-1-2-4-20(19)26-21(24-14-13-15-5-9-17(27)10-6-15)25-16-7-11-18(12-8-16)30(23,28)29/h5-12,19-20,27H,1-4,13-14,22H2,(H2,23,28,29)(H2,24,25,26)/t19-,20-/m0/s1. The predicted molar refractivity (Wildman–Crippen MR) is 119 cm³/mol. The number of hydrogen-bond donors (Lipinski definition) is 5. The zero-order chi connectivity index (χ0) is 21.6. The number of benzene rings is 2. The van der Waals surface area contributed by atoms with Crippen LogP contribution in [0.3, 0.4) is 0 Å². The molecule has 3 rings (SSSR count). The van der Waals surface area contributed by atoms with Crippen LogP contribution in [0.4, 0.5) is 5.69 Å². The van der Waals surface area contributed by atoms with E-state index in [1.54, 1.807) is 24.3 Å². The number of guanidine groups is 1. The van der Waals surface area contributed by atoms with Gasteiger partial charge in [0.25, 0.3) is 0 Å². The molecule has 1 fully saturated rings. The van der Waals surface area contributed by atoms with Gasteiger partial charge in [-0.2, -0.15) is 0 Å². The molecule has 0 unspecified atom stereocenters. The van der Waals surface area contributed by atoms with E-state index in [1.165, 1.54) is 12.1 Å². The molecule has 162 valence electrons. The van der Waals surface area contributed by atoms with Crippen molar-refractivity contribution < 1.29 is 13.5 Å². The van der Waals surface area contributed by atoms with Crippen LogP contribution in [0.15, 0.2) is 58.4 Å². The summed E-state index contributed by atoms with van der Waals surface area (Å²) in [5.41, 5.74) is 8.04. The summed E-state index contributed by atoms with van der Waals surface area (Å²) in [7, 11) is -3.73. The van der Waals surface area contributed by atoms with E-state index in [9.17, 15) is 13.5 Å². The van der Waals surface area contributed by atoms with Gasteiger partial charge in [0.1, 0.15) is 5.75 Å². The highest BCUT2D eigenvalue weighted by Crippen LogP contribution is 2.18. The topological polar surface area (TPSA) is 143 Å². The molecule has 0 saturated heterocycles. The molecule has 7 N–H and O–H groups in total. The Kier molecular flexibility index (Phi) is 7.30. The van der Waals surface area contributed by atoms with Crippen molar-refractivity contribution >= 4 is 21.7 Å². The third-order valence-corrected chi connectivity index (χ3v) is 6.12. The van der Waals surface area contributed by atoms with Crippen LogP contribution in [0.5, 0.6) is 5.75 Å². The Morgan fingerprint density at radius 3 is 2.37 bits per heavy atom. The van der Waals surface area contributed by atoms with E-state index in [1.807, 2.05) is 12.1 Å². The monoisotopic (exact) mass is 431 g/mol. The average molecular weight is 432 g/mol. The molecule has 9 heteroatoms. The normalized spacial score (nSPS) is 20.0. The minimum Gasteiger partial charge on any atom is -0.508 e. The number of primary sulfonamides is 1. The summed E-state index contributed by atoms with van der Waals surface area (Å²) in [6, 6.07) is 13.5. The number of anilines is 1. The van der Waals surface area contributed by atoms with Gasteiger partial charge in [0.2, 0.25) is 10.0 Å². The Morgan fingerprint density at radius 2 is 1.73 bits per heavy atom. The van der Waals surface area contributed by atoms with E-state index in [2.05, 4.69) is 15.6 Å². The van der Waals surface area contributed by atoms with Gasteiger partial charge in [-0.15, -0.1) is 0 Å². The van der Waals surface area contributed by atoms with Crippen molar-refractivity contribution in [1.29, 1.82) is 0 Å². The van der Waals surface area contributed by atoms with Gasteiger partial charge in [-0.3, -0.25) is 4.99 Å². The molecule has 0 amide bonds. The number of phenols is 1. The second kappa shape index (κ2) is 9.92. The van der Waals surface area contributed by atoms with Gasteiger partial charge in [-0.1, -0.05) is 25.0 Å². The van der Waals surface area contributed by atoms with Gasteiger partial charge in [0.05, 0.1) is 4.90 Å². The van der Waals surface area contributed by atoms with Crippen LogP contribution in [0, 0.1) is 0 Å². The molecule has 0 aliphatic heterocycles. The molecule has 2 aromatic rings. The van der Waals surface area contributed by atoms with E-state index < -0.39 is 10.0 Å². The number of nitrogens with one attached hydrogen (secondary N) is 2. The molecule has 0 heterocycles. The van der Waals surface area contributed by atoms with E-state index in [0.717, 1.165) is 31.2 Å². The summed E-state index contributed by atoms with van der Waals surface area (Å²) >= 11 is 0. The summed E-state index contributed by atoms with van der Waals surface area (Å²) in [5, 5.41) is 21.2. The maximum absolute atomic E-state index is 11.5. The van der Waals surface area contributed by atoms with Crippen molar-refractivity contribution in [2.45, 2.75) is 49.1 Å². The Balaban J connectivity index is 1.71. The SMILES string of the molecule is N[C@H]1CCCC[C@@H]1NC(=NCCc1ccc(O)cc1)Nc1ccc(S(N)(=O)=O)cc1. The number of hydrogen-bond acceptors (Lipinski definition) is 5.